The van der Waals surface area contributed by atoms with E-state index in [1.54, 1.807) is 19.2 Å². The fourth-order valence-electron chi connectivity index (χ4n) is 3.99. The number of rotatable bonds is 7. The van der Waals surface area contributed by atoms with Gasteiger partial charge in [-0.3, -0.25) is 4.79 Å². The van der Waals surface area contributed by atoms with Crippen LogP contribution in [0, 0.1) is 0 Å². The van der Waals surface area contributed by atoms with Crippen LogP contribution in [-0.2, 0) is 26.7 Å². The van der Waals surface area contributed by atoms with E-state index in [0.717, 1.165) is 42.6 Å². The maximum absolute atomic E-state index is 12.5. The van der Waals surface area contributed by atoms with Gasteiger partial charge >= 0.3 is 0 Å². The van der Waals surface area contributed by atoms with E-state index in [1.165, 1.54) is 12.1 Å². The molecule has 3 rings (SSSR count). The Morgan fingerprint density at radius 3 is 2.36 bits per heavy atom. The van der Waals surface area contributed by atoms with Gasteiger partial charge in [0.25, 0.3) is 0 Å². The van der Waals surface area contributed by atoms with Gasteiger partial charge in [-0.2, -0.15) is 0 Å². The molecule has 0 aromatic heterocycles. The van der Waals surface area contributed by atoms with Crippen molar-refractivity contribution in [1.29, 1.82) is 0 Å². The maximum Gasteiger partial charge on any atom is 0.238 e. The van der Waals surface area contributed by atoms with E-state index < -0.39 is 10.0 Å². The molecule has 0 heterocycles. The maximum atomic E-state index is 12.5. The lowest BCUT2D eigenvalue weighted by atomic mass is 9.78. The van der Waals surface area contributed by atoms with Crippen molar-refractivity contribution < 1.29 is 17.9 Å². The molecule has 2 aromatic carbocycles. The van der Waals surface area contributed by atoms with Crippen LogP contribution in [0.1, 0.15) is 36.8 Å². The molecule has 0 atom stereocenters. The normalized spacial score (nSPS) is 15.9. The van der Waals surface area contributed by atoms with Crippen molar-refractivity contribution in [2.24, 2.45) is 5.14 Å². The minimum atomic E-state index is -3.73. The molecule has 6 nitrogen and oxygen atoms in total. The lowest BCUT2D eigenvalue weighted by molar-refractivity contribution is -0.120. The number of nitrogens with one attached hydrogen (secondary N) is 1. The lowest BCUT2D eigenvalue weighted by Crippen LogP contribution is -2.39. The number of ether oxygens (including phenoxy) is 1. The van der Waals surface area contributed by atoms with Crippen molar-refractivity contribution in [3.05, 3.63) is 59.7 Å². The van der Waals surface area contributed by atoms with Crippen LogP contribution in [0.25, 0.3) is 0 Å². The third-order valence-electron chi connectivity index (χ3n) is 5.48. The third-order valence-corrected chi connectivity index (χ3v) is 6.41. The van der Waals surface area contributed by atoms with Crippen LogP contribution in [0.5, 0.6) is 5.75 Å². The Morgan fingerprint density at radius 1 is 1.11 bits per heavy atom. The molecular formula is C21H26N2O4S. The average molecular weight is 403 g/mol. The molecule has 0 spiro atoms. The Kier molecular flexibility index (Phi) is 6.05. The van der Waals surface area contributed by atoms with Gasteiger partial charge < -0.3 is 10.1 Å². The van der Waals surface area contributed by atoms with E-state index in [9.17, 15) is 13.2 Å². The van der Waals surface area contributed by atoms with Crippen LogP contribution in [0.4, 0.5) is 0 Å². The summed E-state index contributed by atoms with van der Waals surface area (Å²) in [5, 5.41) is 8.17. The summed E-state index contributed by atoms with van der Waals surface area (Å²) in [7, 11) is -2.06. The molecule has 2 aromatic rings. The fourth-order valence-corrected chi connectivity index (χ4v) is 4.50. The van der Waals surface area contributed by atoms with Gasteiger partial charge in [0.1, 0.15) is 5.75 Å². The predicted octanol–water partition coefficient (Wildman–Crippen LogP) is 2.51. The second-order valence-electron chi connectivity index (χ2n) is 7.33. The summed E-state index contributed by atoms with van der Waals surface area (Å²) in [4.78, 5) is 12.5. The zero-order valence-corrected chi connectivity index (χ0v) is 16.8. The van der Waals surface area contributed by atoms with E-state index in [0.29, 0.717) is 6.54 Å². The van der Waals surface area contributed by atoms with Crippen molar-refractivity contribution in [3.8, 4) is 5.75 Å². The summed E-state index contributed by atoms with van der Waals surface area (Å²) < 4.78 is 28.2. The van der Waals surface area contributed by atoms with Gasteiger partial charge in [0.15, 0.2) is 0 Å². The number of para-hydroxylation sites is 1. The summed E-state index contributed by atoms with van der Waals surface area (Å²) in [6, 6.07) is 14.1. The molecule has 0 unspecified atom stereocenters. The average Bonchev–Trinajstić information content (AvgIpc) is 3.16. The van der Waals surface area contributed by atoms with E-state index >= 15 is 0 Å². The molecule has 1 amide bonds. The van der Waals surface area contributed by atoms with Crippen molar-refractivity contribution in [1.82, 2.24) is 5.32 Å². The summed E-state index contributed by atoms with van der Waals surface area (Å²) in [6.07, 6.45) is 4.46. The number of nitrogens with two attached hydrogens (primary N) is 1. The molecule has 0 bridgehead atoms. The highest BCUT2D eigenvalue weighted by molar-refractivity contribution is 7.89. The molecule has 0 saturated heterocycles. The summed E-state index contributed by atoms with van der Waals surface area (Å²) in [6.45, 7) is 0.557. The van der Waals surface area contributed by atoms with Gasteiger partial charge in [0, 0.05) is 17.5 Å². The molecule has 0 aliphatic heterocycles. The molecule has 1 fully saturated rings. The zero-order chi connectivity index (χ0) is 20.2. The predicted molar refractivity (Wildman–Crippen MR) is 108 cm³/mol. The Balaban J connectivity index is 1.68. The number of sulfonamides is 1. The Morgan fingerprint density at radius 2 is 1.75 bits per heavy atom. The first kappa shape index (κ1) is 20.4. The van der Waals surface area contributed by atoms with Gasteiger partial charge in [-0.1, -0.05) is 43.2 Å². The van der Waals surface area contributed by atoms with Crippen LogP contribution < -0.4 is 15.2 Å². The van der Waals surface area contributed by atoms with Crippen molar-refractivity contribution in [2.75, 3.05) is 13.7 Å². The number of hydrogen-bond donors (Lipinski definition) is 2. The van der Waals surface area contributed by atoms with E-state index in [4.69, 9.17) is 9.88 Å². The molecule has 3 N–H and O–H groups in total. The smallest absolute Gasteiger partial charge is 0.238 e. The number of amides is 1. The highest BCUT2D eigenvalue weighted by atomic mass is 32.2. The largest absolute Gasteiger partial charge is 0.496 e. The van der Waals surface area contributed by atoms with Crippen LogP contribution in [0.2, 0.25) is 0 Å². The minimum absolute atomic E-state index is 0.0396. The van der Waals surface area contributed by atoms with E-state index in [1.807, 2.05) is 18.2 Å². The Bertz CT molecular complexity index is 933. The summed E-state index contributed by atoms with van der Waals surface area (Å²) >= 11 is 0. The second kappa shape index (κ2) is 8.32. The summed E-state index contributed by atoms with van der Waals surface area (Å²) in [5.74, 6) is 0.766. The van der Waals surface area contributed by atoms with Gasteiger partial charge in [0.05, 0.1) is 18.4 Å². The molecule has 1 saturated carbocycles. The van der Waals surface area contributed by atoms with Gasteiger partial charge in [-0.15, -0.1) is 0 Å². The van der Waals surface area contributed by atoms with Crippen LogP contribution in [0.15, 0.2) is 53.4 Å². The van der Waals surface area contributed by atoms with Crippen LogP contribution in [-0.4, -0.2) is 28.0 Å². The van der Waals surface area contributed by atoms with Crippen LogP contribution in [0.3, 0.4) is 0 Å². The molecule has 1 aliphatic carbocycles. The monoisotopic (exact) mass is 402 g/mol. The molecule has 150 valence electrons. The number of benzene rings is 2. The van der Waals surface area contributed by atoms with Gasteiger partial charge in [0.2, 0.25) is 15.9 Å². The second-order valence-corrected chi connectivity index (χ2v) is 8.89. The quantitative estimate of drug-likeness (QED) is 0.743. The third kappa shape index (κ3) is 4.54. The number of carbonyl (C=O) groups excluding carboxylic acids is 1. The zero-order valence-electron chi connectivity index (χ0n) is 16.0. The fraction of sp³-hybridized carbons (Fsp3) is 0.381. The van der Waals surface area contributed by atoms with Gasteiger partial charge in [-0.05, 0) is 36.6 Å². The molecule has 0 radical (unpaired) electrons. The van der Waals surface area contributed by atoms with Crippen molar-refractivity contribution >= 4 is 15.9 Å². The lowest BCUT2D eigenvalue weighted by Gasteiger charge is -2.31. The highest BCUT2D eigenvalue weighted by Crippen LogP contribution is 2.44. The van der Waals surface area contributed by atoms with E-state index in [2.05, 4.69) is 11.4 Å². The standard InChI is InChI=1S/C21H26N2O4S/c1-27-19-7-3-2-6-18(19)21(12-4-5-13-21)15-23-20(24)14-16-8-10-17(11-9-16)28(22,25)26/h2-3,6-11H,4-5,12-15H2,1H3,(H,23,24)(H2,22,25,26). The molecule has 28 heavy (non-hydrogen) atoms. The van der Waals surface area contributed by atoms with Crippen LogP contribution >= 0.6 is 0 Å². The van der Waals surface area contributed by atoms with E-state index in [-0.39, 0.29) is 22.6 Å². The first-order valence-corrected chi connectivity index (χ1v) is 10.9. The SMILES string of the molecule is COc1ccccc1C1(CNC(=O)Cc2ccc(S(N)(=O)=O)cc2)CCCC1. The summed E-state index contributed by atoms with van der Waals surface area (Å²) in [5.41, 5.74) is 1.77. The molecule has 1 aliphatic rings. The number of carbonyl (C=O) groups is 1. The number of primary sulfonamides is 1. The topological polar surface area (TPSA) is 98.5 Å². The van der Waals surface area contributed by atoms with Gasteiger partial charge in [-0.25, -0.2) is 13.6 Å². The van der Waals surface area contributed by atoms with Crippen molar-refractivity contribution in [2.45, 2.75) is 42.4 Å². The highest BCUT2D eigenvalue weighted by Gasteiger charge is 2.37. The first-order valence-electron chi connectivity index (χ1n) is 9.36. The Hall–Kier alpha value is -2.38. The minimum Gasteiger partial charge on any atom is -0.496 e. The first-order chi connectivity index (χ1) is 13.3. The number of methoxy groups -OCH3 is 1. The molecule has 7 heteroatoms. The van der Waals surface area contributed by atoms with Crippen molar-refractivity contribution in [3.63, 3.8) is 0 Å². The number of hydrogen-bond acceptors (Lipinski definition) is 4. The Labute approximate surface area is 166 Å². The molecular weight excluding hydrogens is 376 g/mol.